The molecule has 22 heavy (non-hydrogen) atoms. The van der Waals surface area contributed by atoms with E-state index in [0.717, 1.165) is 10.9 Å². The van der Waals surface area contributed by atoms with E-state index < -0.39 is 11.8 Å². The Bertz CT molecular complexity index is 894. The number of carboxylic acid groups (broad SMARTS) is 1. The predicted molar refractivity (Wildman–Crippen MR) is 82.9 cm³/mol. The lowest BCUT2D eigenvalue weighted by Gasteiger charge is -2.10. The second-order valence-electron chi connectivity index (χ2n) is 4.63. The molecule has 3 rings (SSSR count). The predicted octanol–water partition coefficient (Wildman–Crippen LogP) is 4.67. The Morgan fingerprint density at radius 3 is 2.86 bits per heavy atom. The van der Waals surface area contributed by atoms with E-state index in [0.29, 0.717) is 10.6 Å². The molecule has 0 saturated carbocycles. The highest BCUT2D eigenvalue weighted by atomic mass is 79.9. The van der Waals surface area contributed by atoms with Crippen LogP contribution in [0.15, 0.2) is 39.5 Å². The summed E-state index contributed by atoms with van der Waals surface area (Å²) in [5.74, 6) is -1.94. The van der Waals surface area contributed by atoms with E-state index in [1.165, 1.54) is 6.07 Å². The third-order valence-electron chi connectivity index (χ3n) is 3.28. The van der Waals surface area contributed by atoms with Gasteiger partial charge in [-0.1, -0.05) is 33.6 Å². The Morgan fingerprint density at radius 1 is 1.41 bits per heavy atom. The van der Waals surface area contributed by atoms with Gasteiger partial charge in [0.2, 0.25) is 0 Å². The Balaban J connectivity index is 2.18. The molecule has 0 aliphatic carbocycles. The third kappa shape index (κ3) is 2.60. The highest BCUT2D eigenvalue weighted by Crippen LogP contribution is 2.29. The fourth-order valence-corrected chi connectivity index (χ4v) is 2.96. The van der Waals surface area contributed by atoms with E-state index in [1.807, 2.05) is 0 Å². The van der Waals surface area contributed by atoms with Crippen LogP contribution in [-0.4, -0.2) is 16.1 Å². The van der Waals surface area contributed by atoms with Gasteiger partial charge in [-0.3, -0.25) is 0 Å². The molecule has 0 saturated heterocycles. The van der Waals surface area contributed by atoms with Crippen LogP contribution in [0, 0.1) is 5.82 Å². The van der Waals surface area contributed by atoms with E-state index in [9.17, 15) is 14.3 Å². The number of nitrogens with zero attached hydrogens (tertiary/aromatic N) is 1. The number of carbonyl (C=O) groups is 1. The molecule has 0 aliphatic rings. The second-order valence-corrected chi connectivity index (χ2v) is 5.96. The van der Waals surface area contributed by atoms with Crippen molar-refractivity contribution in [1.29, 1.82) is 0 Å². The molecule has 1 aromatic heterocycles. The zero-order valence-electron chi connectivity index (χ0n) is 10.9. The maximum Gasteiger partial charge on any atom is 0.336 e. The largest absolute Gasteiger partial charge is 0.478 e. The average Bonchev–Trinajstić information content (AvgIpc) is 2.92. The molecule has 0 spiro atoms. The summed E-state index contributed by atoms with van der Waals surface area (Å²) in [6.07, 6.45) is 1.12. The van der Waals surface area contributed by atoms with Crippen LogP contribution in [0.2, 0.25) is 5.02 Å². The van der Waals surface area contributed by atoms with Crippen LogP contribution < -0.4 is 0 Å². The standard InChI is InChI=1S/C15H8BrClFNO3/c16-8-2-1-7(11(17)4-8)3-9-10(15(20)21)5-12-14(13(9)18)19-6-22-12/h1-2,4-6H,3H2,(H,20,21). The van der Waals surface area contributed by atoms with Gasteiger partial charge in [-0.25, -0.2) is 14.2 Å². The van der Waals surface area contributed by atoms with Gasteiger partial charge in [0.15, 0.2) is 17.8 Å². The number of hydrogen-bond acceptors (Lipinski definition) is 3. The quantitative estimate of drug-likeness (QED) is 0.712. The van der Waals surface area contributed by atoms with Gasteiger partial charge in [-0.2, -0.15) is 0 Å². The van der Waals surface area contributed by atoms with Crippen LogP contribution in [0.1, 0.15) is 21.5 Å². The van der Waals surface area contributed by atoms with Crippen LogP contribution in [0.25, 0.3) is 11.1 Å². The van der Waals surface area contributed by atoms with Crippen molar-refractivity contribution in [3.05, 3.63) is 62.7 Å². The second kappa shape index (κ2) is 5.70. The van der Waals surface area contributed by atoms with E-state index in [1.54, 1.807) is 18.2 Å². The number of hydrogen-bond donors (Lipinski definition) is 1. The maximum atomic E-state index is 14.6. The van der Waals surface area contributed by atoms with Gasteiger partial charge in [0.1, 0.15) is 5.52 Å². The van der Waals surface area contributed by atoms with Gasteiger partial charge in [0.05, 0.1) is 5.56 Å². The minimum Gasteiger partial charge on any atom is -0.478 e. The lowest BCUT2D eigenvalue weighted by Crippen LogP contribution is -2.07. The zero-order valence-corrected chi connectivity index (χ0v) is 13.3. The molecule has 0 radical (unpaired) electrons. The molecule has 0 bridgehead atoms. The van der Waals surface area contributed by atoms with Crippen LogP contribution in [-0.2, 0) is 6.42 Å². The summed E-state index contributed by atoms with van der Waals surface area (Å²) in [5, 5.41) is 9.73. The van der Waals surface area contributed by atoms with Crippen molar-refractivity contribution in [3.8, 4) is 0 Å². The summed E-state index contributed by atoms with van der Waals surface area (Å²) in [6.45, 7) is 0. The molecule has 1 N–H and O–H groups in total. The molecular formula is C15H8BrClFNO3. The fraction of sp³-hybridized carbons (Fsp3) is 0.0667. The van der Waals surface area contributed by atoms with E-state index >= 15 is 0 Å². The minimum atomic E-state index is -1.24. The molecule has 0 amide bonds. The number of oxazole rings is 1. The molecule has 0 aliphatic heterocycles. The summed E-state index contributed by atoms with van der Waals surface area (Å²) in [6, 6.07) is 6.42. The molecule has 3 aromatic rings. The van der Waals surface area contributed by atoms with Crippen molar-refractivity contribution in [1.82, 2.24) is 4.98 Å². The molecular weight excluding hydrogens is 377 g/mol. The molecule has 0 unspecified atom stereocenters. The molecule has 2 aromatic carbocycles. The smallest absolute Gasteiger partial charge is 0.336 e. The molecule has 0 atom stereocenters. The van der Waals surface area contributed by atoms with E-state index in [-0.39, 0.29) is 28.6 Å². The number of rotatable bonds is 3. The van der Waals surface area contributed by atoms with Crippen molar-refractivity contribution in [2.45, 2.75) is 6.42 Å². The monoisotopic (exact) mass is 383 g/mol. The summed E-state index contributed by atoms with van der Waals surface area (Å²) in [5.41, 5.74) is 0.585. The van der Waals surface area contributed by atoms with Crippen LogP contribution in [0.3, 0.4) is 0 Å². The Hall–Kier alpha value is -1.92. The maximum absolute atomic E-state index is 14.6. The van der Waals surface area contributed by atoms with Gasteiger partial charge in [0.25, 0.3) is 0 Å². The van der Waals surface area contributed by atoms with Crippen LogP contribution >= 0.6 is 27.5 Å². The average molecular weight is 385 g/mol. The van der Waals surface area contributed by atoms with Crippen molar-refractivity contribution >= 4 is 44.6 Å². The van der Waals surface area contributed by atoms with Gasteiger partial charge in [-0.05, 0) is 23.8 Å². The number of halogens is 3. The number of benzene rings is 2. The first-order valence-electron chi connectivity index (χ1n) is 6.19. The topological polar surface area (TPSA) is 63.3 Å². The molecule has 4 nitrogen and oxygen atoms in total. The normalized spacial score (nSPS) is 11.0. The Labute approximate surface area is 137 Å². The summed E-state index contributed by atoms with van der Waals surface area (Å²) in [7, 11) is 0. The van der Waals surface area contributed by atoms with E-state index in [2.05, 4.69) is 20.9 Å². The van der Waals surface area contributed by atoms with Crippen molar-refractivity contribution in [3.63, 3.8) is 0 Å². The third-order valence-corrected chi connectivity index (χ3v) is 4.13. The number of aromatic nitrogens is 1. The highest BCUT2D eigenvalue weighted by Gasteiger charge is 2.21. The summed E-state index contributed by atoms with van der Waals surface area (Å²) < 4.78 is 20.4. The lowest BCUT2D eigenvalue weighted by molar-refractivity contribution is 0.0695. The molecule has 1 heterocycles. The lowest BCUT2D eigenvalue weighted by atomic mass is 9.98. The molecule has 112 valence electrons. The molecule has 7 heteroatoms. The SMILES string of the molecule is O=C(O)c1cc2ocnc2c(F)c1Cc1ccc(Br)cc1Cl. The van der Waals surface area contributed by atoms with Crippen molar-refractivity contribution in [2.24, 2.45) is 0 Å². The van der Waals surface area contributed by atoms with Crippen molar-refractivity contribution in [2.75, 3.05) is 0 Å². The van der Waals surface area contributed by atoms with Gasteiger partial charge < -0.3 is 9.52 Å². The summed E-state index contributed by atoms with van der Waals surface area (Å²) >= 11 is 9.41. The Morgan fingerprint density at radius 2 is 2.18 bits per heavy atom. The van der Waals surface area contributed by atoms with Crippen LogP contribution in [0.5, 0.6) is 0 Å². The van der Waals surface area contributed by atoms with Crippen molar-refractivity contribution < 1.29 is 18.7 Å². The first-order chi connectivity index (χ1) is 10.5. The number of fused-ring (bicyclic) bond motifs is 1. The van der Waals surface area contributed by atoms with E-state index in [4.69, 9.17) is 16.0 Å². The fourth-order valence-electron chi connectivity index (χ4n) is 2.22. The van der Waals surface area contributed by atoms with Gasteiger partial charge >= 0.3 is 5.97 Å². The Kier molecular flexibility index (Phi) is 3.88. The summed E-state index contributed by atoms with van der Waals surface area (Å²) in [4.78, 5) is 15.2. The van der Waals surface area contributed by atoms with Crippen LogP contribution in [0.4, 0.5) is 4.39 Å². The first-order valence-corrected chi connectivity index (χ1v) is 7.36. The molecule has 0 fully saturated rings. The number of aromatic carboxylic acids is 1. The van der Waals surface area contributed by atoms with Gasteiger partial charge in [-0.15, -0.1) is 0 Å². The minimum absolute atomic E-state index is 0.00762. The number of carboxylic acids is 1. The zero-order chi connectivity index (χ0) is 15.9. The van der Waals surface area contributed by atoms with Gasteiger partial charge in [0, 0.05) is 21.5 Å². The highest BCUT2D eigenvalue weighted by molar-refractivity contribution is 9.10. The first kappa shape index (κ1) is 15.0.